The molecule has 15 heavy (non-hydrogen) atoms. The van der Waals surface area contributed by atoms with Gasteiger partial charge in [-0.25, -0.2) is 4.79 Å². The maximum Gasteiger partial charge on any atom is 0.375 e. The smallest absolute Gasteiger partial charge is 0.375 e. The van der Waals surface area contributed by atoms with Crippen molar-refractivity contribution in [1.82, 2.24) is 0 Å². The molecule has 0 saturated carbocycles. The van der Waals surface area contributed by atoms with E-state index in [0.29, 0.717) is 11.0 Å². The molecule has 5 heteroatoms. The van der Waals surface area contributed by atoms with Gasteiger partial charge in [0.2, 0.25) is 0 Å². The standard InChI is InChI=1S/C10H7BrO4/c1-14-8-6-3-2-5(11)4-7(6)15-9(8)10(12)13/h2-4H,1H3,(H,12,13). The van der Waals surface area contributed by atoms with Crippen LogP contribution in [-0.2, 0) is 0 Å². The van der Waals surface area contributed by atoms with Crippen molar-refractivity contribution >= 4 is 32.9 Å². The number of ether oxygens (including phenoxy) is 1. The first-order valence-electron chi connectivity index (χ1n) is 4.13. The number of aromatic carboxylic acids is 1. The summed E-state index contributed by atoms with van der Waals surface area (Å²) >= 11 is 3.28. The molecular formula is C10H7BrO4. The van der Waals surface area contributed by atoms with Gasteiger partial charge >= 0.3 is 5.97 Å². The highest BCUT2D eigenvalue weighted by atomic mass is 79.9. The number of methoxy groups -OCH3 is 1. The van der Waals surface area contributed by atoms with E-state index in [2.05, 4.69) is 15.9 Å². The van der Waals surface area contributed by atoms with Crippen LogP contribution in [0.5, 0.6) is 5.75 Å². The average Bonchev–Trinajstić information content (AvgIpc) is 2.55. The predicted molar refractivity (Wildman–Crippen MR) is 57.4 cm³/mol. The van der Waals surface area contributed by atoms with Crippen molar-refractivity contribution in [2.45, 2.75) is 0 Å². The maximum absolute atomic E-state index is 10.8. The number of fused-ring (bicyclic) bond motifs is 1. The summed E-state index contributed by atoms with van der Waals surface area (Å²) in [5.74, 6) is -1.06. The number of furan rings is 1. The first-order valence-corrected chi connectivity index (χ1v) is 4.92. The molecule has 0 aliphatic heterocycles. The third kappa shape index (κ3) is 1.59. The minimum absolute atomic E-state index is 0.175. The lowest BCUT2D eigenvalue weighted by molar-refractivity contribution is 0.0660. The Balaban J connectivity index is 2.78. The lowest BCUT2D eigenvalue weighted by atomic mass is 10.2. The molecule has 1 heterocycles. The molecule has 4 nitrogen and oxygen atoms in total. The van der Waals surface area contributed by atoms with Crippen LogP contribution in [0.25, 0.3) is 11.0 Å². The maximum atomic E-state index is 10.8. The summed E-state index contributed by atoms with van der Waals surface area (Å²) in [6.07, 6.45) is 0. The van der Waals surface area contributed by atoms with Crippen LogP contribution < -0.4 is 4.74 Å². The van der Waals surface area contributed by atoms with Gasteiger partial charge in [0, 0.05) is 4.47 Å². The third-order valence-corrected chi connectivity index (χ3v) is 2.50. The van der Waals surface area contributed by atoms with Crippen LogP contribution in [0, 0.1) is 0 Å². The predicted octanol–water partition coefficient (Wildman–Crippen LogP) is 2.90. The van der Waals surface area contributed by atoms with Crippen LogP contribution in [0.2, 0.25) is 0 Å². The summed E-state index contributed by atoms with van der Waals surface area (Å²) in [5.41, 5.74) is 0.485. The van der Waals surface area contributed by atoms with E-state index in [1.54, 1.807) is 18.2 Å². The van der Waals surface area contributed by atoms with Crippen molar-refractivity contribution in [2.75, 3.05) is 7.11 Å². The Hall–Kier alpha value is -1.49. The van der Waals surface area contributed by atoms with E-state index in [1.807, 2.05) is 0 Å². The Bertz CT molecular complexity index is 529. The average molecular weight is 271 g/mol. The minimum Gasteiger partial charge on any atom is -0.492 e. The molecule has 1 N–H and O–H groups in total. The molecule has 0 aliphatic carbocycles. The zero-order valence-electron chi connectivity index (χ0n) is 7.78. The van der Waals surface area contributed by atoms with Crippen molar-refractivity contribution in [3.05, 3.63) is 28.4 Å². The minimum atomic E-state index is -1.14. The molecule has 0 unspecified atom stereocenters. The molecule has 0 spiro atoms. The summed E-state index contributed by atoms with van der Waals surface area (Å²) in [5, 5.41) is 9.53. The molecule has 0 saturated heterocycles. The largest absolute Gasteiger partial charge is 0.492 e. The SMILES string of the molecule is COc1c(C(=O)O)oc2cc(Br)ccc12. The molecule has 0 bridgehead atoms. The topological polar surface area (TPSA) is 59.7 Å². The fraction of sp³-hybridized carbons (Fsp3) is 0.100. The second kappa shape index (κ2) is 3.58. The molecule has 78 valence electrons. The highest BCUT2D eigenvalue weighted by Crippen LogP contribution is 2.34. The molecule has 0 amide bonds. The van der Waals surface area contributed by atoms with Crippen molar-refractivity contribution < 1.29 is 19.1 Å². The van der Waals surface area contributed by atoms with Crippen molar-refractivity contribution in [3.8, 4) is 5.75 Å². The first-order chi connectivity index (χ1) is 7.13. The van der Waals surface area contributed by atoms with Gasteiger partial charge < -0.3 is 14.3 Å². The fourth-order valence-corrected chi connectivity index (χ4v) is 1.73. The van der Waals surface area contributed by atoms with Gasteiger partial charge in [-0.15, -0.1) is 0 Å². The van der Waals surface area contributed by atoms with Crippen LogP contribution >= 0.6 is 15.9 Å². The van der Waals surface area contributed by atoms with Gasteiger partial charge in [0.15, 0.2) is 5.75 Å². The van der Waals surface area contributed by atoms with Crippen LogP contribution in [0.15, 0.2) is 27.1 Å². The van der Waals surface area contributed by atoms with Crippen LogP contribution in [-0.4, -0.2) is 18.2 Å². The van der Waals surface area contributed by atoms with Gasteiger partial charge in [-0.3, -0.25) is 0 Å². The van der Waals surface area contributed by atoms with Gasteiger partial charge in [-0.1, -0.05) is 15.9 Å². The third-order valence-electron chi connectivity index (χ3n) is 2.00. The number of benzene rings is 1. The summed E-state index contributed by atoms with van der Waals surface area (Å²) in [6.45, 7) is 0. The monoisotopic (exact) mass is 270 g/mol. The van der Waals surface area contributed by atoms with E-state index < -0.39 is 5.97 Å². The molecule has 0 fully saturated rings. The quantitative estimate of drug-likeness (QED) is 0.912. The van der Waals surface area contributed by atoms with E-state index in [4.69, 9.17) is 14.3 Å². The van der Waals surface area contributed by atoms with Gasteiger partial charge in [0.25, 0.3) is 5.76 Å². The number of carbonyl (C=O) groups is 1. The molecule has 0 atom stereocenters. The second-order valence-corrected chi connectivity index (χ2v) is 3.83. The van der Waals surface area contributed by atoms with E-state index in [-0.39, 0.29) is 11.5 Å². The lowest BCUT2D eigenvalue weighted by Gasteiger charge is -1.96. The van der Waals surface area contributed by atoms with E-state index >= 15 is 0 Å². The molecule has 2 aromatic rings. The highest BCUT2D eigenvalue weighted by molar-refractivity contribution is 9.10. The first kappa shape index (κ1) is 10.0. The lowest BCUT2D eigenvalue weighted by Crippen LogP contribution is -1.96. The number of halogens is 1. The van der Waals surface area contributed by atoms with E-state index in [9.17, 15) is 4.79 Å². The van der Waals surface area contributed by atoms with Crippen LogP contribution in [0.1, 0.15) is 10.6 Å². The number of hydrogen-bond acceptors (Lipinski definition) is 3. The molecule has 0 aliphatic rings. The van der Waals surface area contributed by atoms with Crippen LogP contribution in [0.4, 0.5) is 0 Å². The zero-order valence-corrected chi connectivity index (χ0v) is 9.37. The van der Waals surface area contributed by atoms with Crippen LogP contribution in [0.3, 0.4) is 0 Å². The summed E-state index contributed by atoms with van der Waals surface area (Å²) in [7, 11) is 1.42. The number of carboxylic acids is 1. The zero-order chi connectivity index (χ0) is 11.0. The summed E-state index contributed by atoms with van der Waals surface area (Å²) < 4.78 is 11.0. The van der Waals surface area contributed by atoms with Crippen molar-refractivity contribution in [1.29, 1.82) is 0 Å². The fourth-order valence-electron chi connectivity index (χ4n) is 1.39. The van der Waals surface area contributed by atoms with Gasteiger partial charge in [-0.05, 0) is 18.2 Å². The van der Waals surface area contributed by atoms with E-state index in [0.717, 1.165) is 4.47 Å². The Morgan fingerprint density at radius 2 is 2.27 bits per heavy atom. The Kier molecular flexibility index (Phi) is 2.40. The number of hydrogen-bond donors (Lipinski definition) is 1. The Morgan fingerprint density at radius 1 is 1.53 bits per heavy atom. The van der Waals surface area contributed by atoms with Gasteiger partial charge in [0.05, 0.1) is 12.5 Å². The summed E-state index contributed by atoms with van der Waals surface area (Å²) in [6, 6.07) is 5.24. The van der Waals surface area contributed by atoms with Gasteiger partial charge in [0.1, 0.15) is 5.58 Å². The summed E-state index contributed by atoms with van der Waals surface area (Å²) in [4.78, 5) is 10.8. The molecule has 1 aromatic carbocycles. The van der Waals surface area contributed by atoms with Crippen molar-refractivity contribution in [3.63, 3.8) is 0 Å². The molecular weight excluding hydrogens is 264 g/mol. The van der Waals surface area contributed by atoms with Gasteiger partial charge in [-0.2, -0.15) is 0 Å². The number of carboxylic acid groups (broad SMARTS) is 1. The number of rotatable bonds is 2. The Morgan fingerprint density at radius 3 is 2.87 bits per heavy atom. The normalized spacial score (nSPS) is 10.5. The van der Waals surface area contributed by atoms with E-state index in [1.165, 1.54) is 7.11 Å². The molecule has 1 aromatic heterocycles. The molecule has 2 rings (SSSR count). The molecule has 0 radical (unpaired) electrons. The second-order valence-electron chi connectivity index (χ2n) is 2.91. The van der Waals surface area contributed by atoms with Crippen molar-refractivity contribution in [2.24, 2.45) is 0 Å². The Labute approximate surface area is 93.6 Å². The highest BCUT2D eigenvalue weighted by Gasteiger charge is 2.20.